The van der Waals surface area contributed by atoms with E-state index in [1.807, 2.05) is 18.2 Å². The molecule has 136 valence electrons. The van der Waals surface area contributed by atoms with Crippen LogP contribution >= 0.6 is 0 Å². The Kier molecular flexibility index (Phi) is 6.55. The number of aliphatic carboxylic acids is 1. The third-order valence-electron chi connectivity index (χ3n) is 3.88. The molecule has 1 N–H and O–H groups in total. The van der Waals surface area contributed by atoms with Crippen molar-refractivity contribution in [2.24, 2.45) is 0 Å². The molecule has 1 fully saturated rings. The number of carbonyl (C=O) groups excluding carboxylic acids is 2. The average molecular weight is 351 g/mol. The van der Waals surface area contributed by atoms with Crippen LogP contribution in [-0.4, -0.2) is 71.0 Å². The van der Waals surface area contributed by atoms with Crippen LogP contribution in [0.3, 0.4) is 0 Å². The Morgan fingerprint density at radius 3 is 2.84 bits per heavy atom. The zero-order chi connectivity index (χ0) is 18.2. The van der Waals surface area contributed by atoms with Gasteiger partial charge in [-0.25, -0.2) is 14.4 Å². The van der Waals surface area contributed by atoms with Gasteiger partial charge in [0.15, 0.2) is 0 Å². The molecule has 0 saturated carbocycles. The Morgan fingerprint density at radius 2 is 2.16 bits per heavy atom. The smallest absolute Gasteiger partial charge is 0.413 e. The molecule has 1 aliphatic rings. The Bertz CT molecular complexity index is 609. The van der Waals surface area contributed by atoms with Gasteiger partial charge in [-0.05, 0) is 25.0 Å². The number of aromatic nitrogens is 1. The number of hydrogen-bond acceptors (Lipinski definition) is 6. The van der Waals surface area contributed by atoms with E-state index in [2.05, 4.69) is 4.98 Å². The second kappa shape index (κ2) is 8.86. The zero-order valence-electron chi connectivity index (χ0n) is 14.0. The number of pyridine rings is 1. The molecule has 0 unspecified atom stereocenters. The molecule has 0 radical (unpaired) electrons. The van der Waals surface area contributed by atoms with Crippen LogP contribution in [0.1, 0.15) is 18.5 Å². The first-order valence-corrected chi connectivity index (χ1v) is 7.93. The largest absolute Gasteiger partial charge is 0.480 e. The zero-order valence-corrected chi connectivity index (χ0v) is 14.0. The van der Waals surface area contributed by atoms with Crippen LogP contribution < -0.4 is 0 Å². The van der Waals surface area contributed by atoms with Crippen LogP contribution in [0, 0.1) is 0 Å². The van der Waals surface area contributed by atoms with E-state index in [1.54, 1.807) is 13.2 Å². The highest BCUT2D eigenvalue weighted by Gasteiger charge is 2.35. The molecule has 2 heterocycles. The first kappa shape index (κ1) is 18.5. The van der Waals surface area contributed by atoms with Crippen LogP contribution in [0.5, 0.6) is 0 Å². The minimum atomic E-state index is -1.07. The van der Waals surface area contributed by atoms with Gasteiger partial charge in [0, 0.05) is 38.4 Å². The fraction of sp³-hybridized carbons (Fsp3) is 0.500. The maximum Gasteiger partial charge on any atom is 0.413 e. The Morgan fingerprint density at radius 1 is 1.36 bits per heavy atom. The first-order valence-electron chi connectivity index (χ1n) is 7.93. The third kappa shape index (κ3) is 5.33. The molecule has 0 aliphatic carbocycles. The van der Waals surface area contributed by atoms with Gasteiger partial charge in [-0.15, -0.1) is 0 Å². The summed E-state index contributed by atoms with van der Waals surface area (Å²) in [7, 11) is 1.56. The maximum atomic E-state index is 11.8. The molecule has 9 nitrogen and oxygen atoms in total. The summed E-state index contributed by atoms with van der Waals surface area (Å²) in [5.41, 5.74) is 0.849. The monoisotopic (exact) mass is 351 g/mol. The summed E-state index contributed by atoms with van der Waals surface area (Å²) in [6.45, 7) is 0.152. The standard InChI is InChI=1S/C16H21N3O6/c1-18(10-7-12-5-2-3-8-17-12)15(22)24-11-25-16(23)19-9-4-6-13(19)14(20)21/h2-3,5,8,13H,4,6-7,9-11H2,1H3,(H,20,21)/t13-/m0/s1. The molecule has 25 heavy (non-hydrogen) atoms. The van der Waals surface area contributed by atoms with Gasteiger partial charge in [-0.1, -0.05) is 6.07 Å². The lowest BCUT2D eigenvalue weighted by Crippen LogP contribution is -2.41. The van der Waals surface area contributed by atoms with Crippen LogP contribution in [0.25, 0.3) is 0 Å². The van der Waals surface area contributed by atoms with Crippen molar-refractivity contribution in [1.29, 1.82) is 0 Å². The molecule has 0 spiro atoms. The van der Waals surface area contributed by atoms with Gasteiger partial charge in [-0.2, -0.15) is 0 Å². The quantitative estimate of drug-likeness (QED) is 0.770. The number of ether oxygens (including phenoxy) is 2. The molecule has 1 aromatic rings. The number of hydrogen-bond donors (Lipinski definition) is 1. The summed E-state index contributed by atoms with van der Waals surface area (Å²) >= 11 is 0. The van der Waals surface area contributed by atoms with Crippen molar-refractivity contribution in [3.63, 3.8) is 0 Å². The van der Waals surface area contributed by atoms with E-state index in [0.717, 1.165) is 10.6 Å². The summed E-state index contributed by atoms with van der Waals surface area (Å²) in [6.07, 6.45) is 1.80. The van der Waals surface area contributed by atoms with Crippen LogP contribution in [0.4, 0.5) is 9.59 Å². The molecule has 1 saturated heterocycles. The minimum absolute atomic E-state index is 0.313. The lowest BCUT2D eigenvalue weighted by Gasteiger charge is -2.21. The van der Waals surface area contributed by atoms with Gasteiger partial charge in [0.05, 0.1) is 0 Å². The highest BCUT2D eigenvalue weighted by Crippen LogP contribution is 2.18. The lowest BCUT2D eigenvalue weighted by molar-refractivity contribution is -0.142. The molecule has 9 heteroatoms. The molecule has 1 aliphatic heterocycles. The van der Waals surface area contributed by atoms with Crippen molar-refractivity contribution in [3.8, 4) is 0 Å². The van der Waals surface area contributed by atoms with E-state index < -0.39 is 31.0 Å². The molecular weight excluding hydrogens is 330 g/mol. The summed E-state index contributed by atoms with van der Waals surface area (Å²) in [5, 5.41) is 9.03. The van der Waals surface area contributed by atoms with E-state index in [9.17, 15) is 14.4 Å². The third-order valence-corrected chi connectivity index (χ3v) is 3.88. The normalized spacial score (nSPS) is 16.4. The van der Waals surface area contributed by atoms with Crippen molar-refractivity contribution >= 4 is 18.2 Å². The number of nitrogens with zero attached hydrogens (tertiary/aromatic N) is 3. The topological polar surface area (TPSA) is 109 Å². The van der Waals surface area contributed by atoms with Crippen molar-refractivity contribution in [2.45, 2.75) is 25.3 Å². The highest BCUT2D eigenvalue weighted by atomic mass is 16.7. The average Bonchev–Trinajstić information content (AvgIpc) is 3.10. The molecule has 1 atom stereocenters. The second-order valence-electron chi connectivity index (χ2n) is 5.62. The summed E-state index contributed by atoms with van der Waals surface area (Å²) in [4.78, 5) is 41.3. The van der Waals surface area contributed by atoms with E-state index in [1.165, 1.54) is 4.90 Å². The number of rotatable bonds is 6. The number of likely N-dealkylation sites (N-methyl/N-ethyl adjacent to an activating group) is 1. The van der Waals surface area contributed by atoms with Gasteiger partial charge in [-0.3, -0.25) is 9.88 Å². The maximum absolute atomic E-state index is 11.8. The molecule has 0 aromatic carbocycles. The van der Waals surface area contributed by atoms with Gasteiger partial charge in [0.1, 0.15) is 6.04 Å². The van der Waals surface area contributed by atoms with Crippen LogP contribution in [0.2, 0.25) is 0 Å². The van der Waals surface area contributed by atoms with Gasteiger partial charge in [0.25, 0.3) is 0 Å². The number of carboxylic acids is 1. The van der Waals surface area contributed by atoms with Crippen molar-refractivity contribution in [3.05, 3.63) is 30.1 Å². The van der Waals surface area contributed by atoms with Crippen LogP contribution in [0.15, 0.2) is 24.4 Å². The number of carbonyl (C=O) groups is 3. The highest BCUT2D eigenvalue weighted by molar-refractivity contribution is 5.80. The summed E-state index contributed by atoms with van der Waals surface area (Å²) in [5.74, 6) is -1.07. The van der Waals surface area contributed by atoms with Gasteiger partial charge >= 0.3 is 18.2 Å². The molecule has 1 aromatic heterocycles. The number of likely N-dealkylation sites (tertiary alicyclic amines) is 1. The molecule has 2 rings (SSSR count). The fourth-order valence-electron chi connectivity index (χ4n) is 2.48. The molecule has 0 bridgehead atoms. The predicted molar refractivity (Wildman–Crippen MR) is 85.8 cm³/mol. The summed E-state index contributed by atoms with van der Waals surface area (Å²) in [6, 6.07) is 4.65. The predicted octanol–water partition coefficient (Wildman–Crippen LogP) is 1.34. The first-order chi connectivity index (χ1) is 12.0. The minimum Gasteiger partial charge on any atom is -0.480 e. The van der Waals surface area contributed by atoms with Crippen LogP contribution in [-0.2, 0) is 20.7 Å². The van der Waals surface area contributed by atoms with Crippen molar-refractivity contribution in [2.75, 3.05) is 26.9 Å². The SMILES string of the molecule is CN(CCc1ccccn1)C(=O)OCOC(=O)N1CCC[C@H]1C(=O)O. The Balaban J connectivity index is 1.69. The van der Waals surface area contributed by atoms with E-state index in [-0.39, 0.29) is 0 Å². The van der Waals surface area contributed by atoms with Crippen molar-refractivity contribution in [1.82, 2.24) is 14.8 Å². The lowest BCUT2D eigenvalue weighted by atomic mass is 10.2. The van der Waals surface area contributed by atoms with Crippen molar-refractivity contribution < 1.29 is 29.0 Å². The number of amides is 2. The number of carboxylic acid groups (broad SMARTS) is 1. The van der Waals surface area contributed by atoms with E-state index in [0.29, 0.717) is 32.4 Å². The molecular formula is C16H21N3O6. The Labute approximate surface area is 145 Å². The Hall–Kier alpha value is -2.84. The van der Waals surface area contributed by atoms with E-state index in [4.69, 9.17) is 14.6 Å². The summed E-state index contributed by atoms with van der Waals surface area (Å²) < 4.78 is 9.70. The van der Waals surface area contributed by atoms with Gasteiger partial charge < -0.3 is 19.5 Å². The second-order valence-corrected chi connectivity index (χ2v) is 5.62. The molecule has 2 amide bonds. The fourth-order valence-corrected chi connectivity index (χ4v) is 2.48. The van der Waals surface area contributed by atoms with Gasteiger partial charge in [0.2, 0.25) is 6.79 Å². The van der Waals surface area contributed by atoms with E-state index >= 15 is 0 Å².